The lowest BCUT2D eigenvalue weighted by atomic mass is 9.90. The number of alkyl carbamates (subject to hydrolysis) is 2. The van der Waals surface area contributed by atoms with Gasteiger partial charge in [0.2, 0.25) is 5.91 Å². The van der Waals surface area contributed by atoms with Crippen molar-refractivity contribution < 1.29 is 42.9 Å². The highest BCUT2D eigenvalue weighted by Gasteiger charge is 2.47. The van der Waals surface area contributed by atoms with Gasteiger partial charge in [0.15, 0.2) is 5.79 Å². The number of aromatic nitrogens is 1. The Morgan fingerprint density at radius 1 is 0.925 bits per heavy atom. The zero-order chi connectivity index (χ0) is 37.6. The van der Waals surface area contributed by atoms with Gasteiger partial charge in [-0.1, -0.05) is 56.3 Å². The van der Waals surface area contributed by atoms with Gasteiger partial charge < -0.3 is 39.6 Å². The van der Waals surface area contributed by atoms with Gasteiger partial charge in [-0.3, -0.25) is 9.78 Å². The Bertz CT molecular complexity index is 1670. The molecule has 0 bridgehead atoms. The van der Waals surface area contributed by atoms with Crippen molar-refractivity contribution >= 4 is 34.8 Å². The molecule has 4 unspecified atom stereocenters. The molecule has 1 aromatic heterocycles. The fraction of sp³-hybridized carbons (Fsp3) is 0.525. The molecule has 13 nitrogen and oxygen atoms in total. The summed E-state index contributed by atoms with van der Waals surface area (Å²) in [4.78, 5) is 55.3. The van der Waals surface area contributed by atoms with Crippen LogP contribution in [0.4, 0.5) is 9.59 Å². The largest absolute Gasteiger partial charge is 0.464 e. The number of carbonyl (C=O) groups is 4. The third kappa shape index (κ3) is 12.1. The van der Waals surface area contributed by atoms with Crippen molar-refractivity contribution in [1.82, 2.24) is 20.9 Å². The Kier molecular flexibility index (Phi) is 14.4. The van der Waals surface area contributed by atoms with Gasteiger partial charge in [-0.25, -0.2) is 14.4 Å². The standard InChI is InChI=1S/C40H52N4O9/c1-4-49-37(46)35(21-27(2)3)44-36(45)15-14-31-22-33(51-39(48)43-25-30-11-7-10-29-9-5-6-13-34(29)30)23-40(52-31)18-8-12-32(53-40)26-50-38(47)42-24-28-16-19-41-20-17-28/h5-7,9-11,13,16-17,19-20,27,31-33,35H,4,8,12,14-15,18,21-26H2,1-3H3,(H,42,47)(H,43,48)(H,44,45)/t31?,32?,33?,35-,40?/m0/s1. The van der Waals surface area contributed by atoms with Gasteiger partial charge in [-0.2, -0.15) is 0 Å². The van der Waals surface area contributed by atoms with E-state index in [1.807, 2.05) is 68.4 Å². The van der Waals surface area contributed by atoms with Crippen LogP contribution in [0.25, 0.3) is 10.8 Å². The van der Waals surface area contributed by atoms with Crippen molar-refractivity contribution in [3.8, 4) is 0 Å². The van der Waals surface area contributed by atoms with E-state index in [0.717, 1.165) is 28.3 Å². The Labute approximate surface area is 310 Å². The number of amides is 3. The van der Waals surface area contributed by atoms with E-state index in [9.17, 15) is 19.2 Å². The number of nitrogens with zero attached hydrogens (tertiary/aromatic N) is 1. The molecule has 2 aliphatic rings. The zero-order valence-corrected chi connectivity index (χ0v) is 30.8. The van der Waals surface area contributed by atoms with Crippen LogP contribution >= 0.6 is 0 Å². The Hall–Kier alpha value is -4.75. The van der Waals surface area contributed by atoms with E-state index < -0.39 is 48.3 Å². The summed E-state index contributed by atoms with van der Waals surface area (Å²) in [5.74, 6) is -1.69. The van der Waals surface area contributed by atoms with Gasteiger partial charge in [0, 0.05) is 51.2 Å². The maximum Gasteiger partial charge on any atom is 0.407 e. The summed E-state index contributed by atoms with van der Waals surface area (Å²) >= 11 is 0. The molecule has 53 heavy (non-hydrogen) atoms. The summed E-state index contributed by atoms with van der Waals surface area (Å²) in [5, 5.41) is 10.6. The summed E-state index contributed by atoms with van der Waals surface area (Å²) in [6, 6.07) is 16.8. The molecule has 2 saturated heterocycles. The van der Waals surface area contributed by atoms with Crippen molar-refractivity contribution in [3.63, 3.8) is 0 Å². The number of nitrogens with one attached hydrogen (secondary N) is 3. The molecule has 0 aliphatic carbocycles. The van der Waals surface area contributed by atoms with Crippen LogP contribution in [0.2, 0.25) is 0 Å². The van der Waals surface area contributed by atoms with Crippen molar-refractivity contribution in [2.75, 3.05) is 13.2 Å². The number of carbonyl (C=O) groups excluding carboxylic acids is 4. The first-order valence-electron chi connectivity index (χ1n) is 18.6. The van der Waals surface area contributed by atoms with E-state index >= 15 is 0 Å². The van der Waals surface area contributed by atoms with E-state index in [1.165, 1.54) is 0 Å². The maximum atomic E-state index is 13.2. The number of benzene rings is 2. The monoisotopic (exact) mass is 732 g/mol. The van der Waals surface area contributed by atoms with Crippen molar-refractivity contribution in [2.24, 2.45) is 5.92 Å². The number of hydrogen-bond donors (Lipinski definition) is 3. The summed E-state index contributed by atoms with van der Waals surface area (Å²) in [5.41, 5.74) is 1.86. The molecule has 5 atom stereocenters. The van der Waals surface area contributed by atoms with Crippen molar-refractivity contribution in [2.45, 2.75) is 115 Å². The van der Waals surface area contributed by atoms with Gasteiger partial charge in [-0.05, 0) is 72.6 Å². The second kappa shape index (κ2) is 19.4. The van der Waals surface area contributed by atoms with Crippen LogP contribution < -0.4 is 16.0 Å². The van der Waals surface area contributed by atoms with Crippen LogP contribution in [0.15, 0.2) is 67.0 Å². The van der Waals surface area contributed by atoms with E-state index in [4.69, 9.17) is 23.7 Å². The fourth-order valence-electron chi connectivity index (χ4n) is 6.95. The molecule has 5 rings (SSSR count). The predicted molar refractivity (Wildman–Crippen MR) is 196 cm³/mol. The molecule has 13 heteroatoms. The molecule has 286 valence electrons. The minimum Gasteiger partial charge on any atom is -0.464 e. The molecule has 3 heterocycles. The number of esters is 1. The molecule has 3 aromatic rings. The second-order valence-electron chi connectivity index (χ2n) is 14.1. The number of rotatable bonds is 15. The van der Waals surface area contributed by atoms with Gasteiger partial charge in [0.05, 0.1) is 18.8 Å². The molecule has 1 spiro atoms. The van der Waals surface area contributed by atoms with Crippen LogP contribution in [0.1, 0.15) is 83.3 Å². The maximum absolute atomic E-state index is 13.2. The predicted octanol–water partition coefficient (Wildman–Crippen LogP) is 6.07. The smallest absolute Gasteiger partial charge is 0.407 e. The SMILES string of the molecule is CCOC(=O)[C@H](CC(C)C)NC(=O)CCC1CC(OC(=O)NCc2cccc3ccccc23)CC2(CCCC(COC(=O)NCc3ccncc3)O2)O1. The number of hydrogen-bond acceptors (Lipinski definition) is 10. The van der Waals surface area contributed by atoms with Gasteiger partial charge in [-0.15, -0.1) is 0 Å². The summed E-state index contributed by atoms with van der Waals surface area (Å²) in [7, 11) is 0. The highest BCUT2D eigenvalue weighted by molar-refractivity contribution is 5.86. The average molecular weight is 733 g/mol. The van der Waals surface area contributed by atoms with Crippen molar-refractivity contribution in [3.05, 3.63) is 78.1 Å². The summed E-state index contributed by atoms with van der Waals surface area (Å²) in [6.45, 7) is 6.51. The normalized spacial score (nSPS) is 21.8. The molecule has 3 N–H and O–H groups in total. The highest BCUT2D eigenvalue weighted by atomic mass is 16.7. The first-order valence-corrected chi connectivity index (χ1v) is 18.6. The fourth-order valence-corrected chi connectivity index (χ4v) is 6.95. The molecule has 3 amide bonds. The van der Waals surface area contributed by atoms with E-state index in [-0.39, 0.29) is 44.4 Å². The quantitative estimate of drug-likeness (QED) is 0.123. The first kappa shape index (κ1) is 39.5. The van der Waals surface area contributed by atoms with Gasteiger partial charge >= 0.3 is 18.2 Å². The third-order valence-corrected chi connectivity index (χ3v) is 9.38. The molecule has 0 saturated carbocycles. The van der Waals surface area contributed by atoms with Gasteiger partial charge in [0.1, 0.15) is 18.8 Å². The number of ether oxygens (including phenoxy) is 5. The molecule has 2 aromatic carbocycles. The van der Waals surface area contributed by atoms with Crippen LogP contribution in [-0.2, 0) is 46.4 Å². The minimum atomic E-state index is -1.11. The third-order valence-electron chi connectivity index (χ3n) is 9.38. The molecule has 2 aliphatic heterocycles. The van der Waals surface area contributed by atoms with Crippen LogP contribution in [-0.4, -0.2) is 72.4 Å². The topological polar surface area (TPSA) is 163 Å². The second-order valence-corrected chi connectivity index (χ2v) is 14.1. The van der Waals surface area contributed by atoms with Crippen LogP contribution in [0.3, 0.4) is 0 Å². The van der Waals surface area contributed by atoms with E-state index in [0.29, 0.717) is 38.6 Å². The lowest BCUT2D eigenvalue weighted by molar-refractivity contribution is -0.329. The summed E-state index contributed by atoms with van der Waals surface area (Å²) < 4.78 is 29.8. The van der Waals surface area contributed by atoms with Gasteiger partial charge in [0.25, 0.3) is 0 Å². The highest BCUT2D eigenvalue weighted by Crippen LogP contribution is 2.41. The number of pyridine rings is 1. The first-order chi connectivity index (χ1) is 25.6. The Balaban J connectivity index is 1.21. The van der Waals surface area contributed by atoms with E-state index in [2.05, 4.69) is 20.9 Å². The zero-order valence-electron chi connectivity index (χ0n) is 30.8. The molecule has 2 fully saturated rings. The molecular weight excluding hydrogens is 680 g/mol. The Morgan fingerprint density at radius 2 is 1.68 bits per heavy atom. The number of fused-ring (bicyclic) bond motifs is 1. The minimum absolute atomic E-state index is 0.0164. The molecular formula is C40H52N4O9. The molecule has 0 radical (unpaired) electrons. The van der Waals surface area contributed by atoms with Crippen molar-refractivity contribution in [1.29, 1.82) is 0 Å². The van der Waals surface area contributed by atoms with E-state index in [1.54, 1.807) is 19.3 Å². The van der Waals surface area contributed by atoms with Crippen LogP contribution in [0.5, 0.6) is 0 Å². The average Bonchev–Trinajstić information content (AvgIpc) is 3.14. The lowest BCUT2D eigenvalue weighted by Crippen LogP contribution is -2.54. The Morgan fingerprint density at radius 3 is 2.47 bits per heavy atom. The summed E-state index contributed by atoms with van der Waals surface area (Å²) in [6.07, 6.45) is 4.07. The lowest BCUT2D eigenvalue weighted by Gasteiger charge is -2.47. The van der Waals surface area contributed by atoms with Crippen LogP contribution in [0, 0.1) is 5.92 Å².